The molecule has 1 aliphatic heterocycles. The summed E-state index contributed by atoms with van der Waals surface area (Å²) in [7, 11) is 0. The topological polar surface area (TPSA) is 60.5 Å². The predicted octanol–water partition coefficient (Wildman–Crippen LogP) is 2.87. The first kappa shape index (κ1) is 18.0. The van der Waals surface area contributed by atoms with Crippen molar-refractivity contribution in [3.8, 4) is 0 Å². The molecule has 1 fully saturated rings. The maximum Gasteiger partial charge on any atom is 0.220 e. The molecular formula is C19H24N2O3S. The lowest BCUT2D eigenvalue weighted by atomic mass is 10.0. The molecule has 1 N–H and O–H groups in total. The Kier molecular flexibility index (Phi) is 6.55. The fourth-order valence-corrected chi connectivity index (χ4v) is 3.50. The minimum absolute atomic E-state index is 0.00300. The van der Waals surface area contributed by atoms with Gasteiger partial charge in [-0.1, -0.05) is 24.3 Å². The van der Waals surface area contributed by atoms with Crippen LogP contribution < -0.4 is 5.32 Å². The average Bonchev–Trinajstić information content (AvgIpc) is 3.14. The third kappa shape index (κ3) is 5.36. The first-order valence-corrected chi connectivity index (χ1v) is 9.57. The van der Waals surface area contributed by atoms with Crippen molar-refractivity contribution < 1.29 is 14.3 Å². The van der Waals surface area contributed by atoms with Gasteiger partial charge in [-0.05, 0) is 30.9 Å². The number of nitrogens with zero attached hydrogens (tertiary/aromatic N) is 1. The van der Waals surface area contributed by atoms with E-state index in [0.717, 1.165) is 18.5 Å². The average molecular weight is 360 g/mol. The highest BCUT2D eigenvalue weighted by molar-refractivity contribution is 7.07. The number of hydrogen-bond acceptors (Lipinski definition) is 5. The van der Waals surface area contributed by atoms with E-state index >= 15 is 0 Å². The highest BCUT2D eigenvalue weighted by Gasteiger charge is 2.28. The van der Waals surface area contributed by atoms with Crippen molar-refractivity contribution in [2.24, 2.45) is 0 Å². The Bertz CT molecular complexity index is 675. The maximum absolute atomic E-state index is 12.4. The normalized spacial score (nSPS) is 20.4. The summed E-state index contributed by atoms with van der Waals surface area (Å²) in [6, 6.07) is 8.19. The zero-order valence-electron chi connectivity index (χ0n) is 14.4. The SMILES string of the molecule is Cc1ccccc1CCC(=O)N[C@@H]1CCOC[C@H]1OCc1cscn1. The van der Waals surface area contributed by atoms with E-state index in [4.69, 9.17) is 9.47 Å². The number of carbonyl (C=O) groups excluding carboxylic acids is 1. The van der Waals surface area contributed by atoms with Gasteiger partial charge < -0.3 is 14.8 Å². The lowest BCUT2D eigenvalue weighted by molar-refractivity contribution is -0.126. The Hall–Kier alpha value is -1.76. The van der Waals surface area contributed by atoms with Crippen molar-refractivity contribution in [3.05, 3.63) is 52.0 Å². The summed E-state index contributed by atoms with van der Waals surface area (Å²) >= 11 is 1.55. The molecule has 0 aliphatic carbocycles. The van der Waals surface area contributed by atoms with Gasteiger partial charge in [-0.15, -0.1) is 11.3 Å². The van der Waals surface area contributed by atoms with Crippen LogP contribution in [0.1, 0.15) is 29.7 Å². The van der Waals surface area contributed by atoms with E-state index < -0.39 is 0 Å². The monoisotopic (exact) mass is 360 g/mol. The quantitative estimate of drug-likeness (QED) is 0.825. The smallest absolute Gasteiger partial charge is 0.220 e. The second kappa shape index (κ2) is 9.08. The fourth-order valence-electron chi connectivity index (χ4n) is 2.96. The van der Waals surface area contributed by atoms with Crippen LogP contribution >= 0.6 is 11.3 Å². The fraction of sp³-hybridized carbons (Fsp3) is 0.474. The van der Waals surface area contributed by atoms with Gasteiger partial charge in [-0.3, -0.25) is 4.79 Å². The van der Waals surface area contributed by atoms with Gasteiger partial charge in [0.25, 0.3) is 0 Å². The summed E-state index contributed by atoms with van der Waals surface area (Å²) < 4.78 is 11.4. The third-order valence-corrected chi connectivity index (χ3v) is 5.10. The summed E-state index contributed by atoms with van der Waals surface area (Å²) in [5, 5.41) is 5.10. The largest absolute Gasteiger partial charge is 0.379 e. The highest BCUT2D eigenvalue weighted by Crippen LogP contribution is 2.15. The van der Waals surface area contributed by atoms with Gasteiger partial charge in [0.15, 0.2) is 0 Å². The van der Waals surface area contributed by atoms with Crippen LogP contribution in [0.15, 0.2) is 35.2 Å². The van der Waals surface area contributed by atoms with Gasteiger partial charge in [-0.2, -0.15) is 0 Å². The second-order valence-electron chi connectivity index (χ2n) is 6.29. The van der Waals surface area contributed by atoms with E-state index in [0.29, 0.717) is 26.2 Å². The molecule has 2 atom stereocenters. The number of benzene rings is 1. The zero-order chi connectivity index (χ0) is 17.5. The first-order valence-electron chi connectivity index (χ1n) is 8.62. The first-order chi connectivity index (χ1) is 12.2. The molecular weight excluding hydrogens is 336 g/mol. The number of aryl methyl sites for hydroxylation is 2. The number of aromatic nitrogens is 1. The van der Waals surface area contributed by atoms with E-state index in [-0.39, 0.29) is 18.1 Å². The Labute approximate surface area is 152 Å². The summed E-state index contributed by atoms with van der Waals surface area (Å²) in [5.74, 6) is 0.0670. The Morgan fingerprint density at radius 2 is 2.32 bits per heavy atom. The molecule has 0 radical (unpaired) electrons. The molecule has 0 spiro atoms. The van der Waals surface area contributed by atoms with Crippen molar-refractivity contribution in [3.63, 3.8) is 0 Å². The standard InChI is InChI=1S/C19H24N2O3S/c1-14-4-2-3-5-15(14)6-7-19(22)21-17-8-9-23-11-18(17)24-10-16-12-25-13-20-16/h2-5,12-13,17-18H,6-11H2,1H3,(H,21,22)/t17-,18-/m1/s1. The second-order valence-corrected chi connectivity index (χ2v) is 7.01. The molecule has 0 saturated carbocycles. The van der Waals surface area contributed by atoms with Crippen molar-refractivity contribution in [1.82, 2.24) is 10.3 Å². The number of rotatable bonds is 7. The summed E-state index contributed by atoms with van der Waals surface area (Å²) in [5.41, 5.74) is 5.16. The van der Waals surface area contributed by atoms with Gasteiger partial charge in [0.05, 0.1) is 30.5 Å². The van der Waals surface area contributed by atoms with Gasteiger partial charge >= 0.3 is 0 Å². The van der Waals surface area contributed by atoms with Gasteiger partial charge in [-0.25, -0.2) is 4.98 Å². The van der Waals surface area contributed by atoms with Crippen LogP contribution in [-0.2, 0) is 27.3 Å². The number of nitrogens with one attached hydrogen (secondary N) is 1. The maximum atomic E-state index is 12.4. The molecule has 1 aromatic heterocycles. The van der Waals surface area contributed by atoms with Crippen LogP contribution in [0.3, 0.4) is 0 Å². The van der Waals surface area contributed by atoms with Crippen LogP contribution in [0, 0.1) is 6.92 Å². The van der Waals surface area contributed by atoms with Crippen LogP contribution in [0.25, 0.3) is 0 Å². The molecule has 1 aliphatic rings. The summed E-state index contributed by atoms with van der Waals surface area (Å²) in [6.45, 7) is 3.69. The third-order valence-electron chi connectivity index (χ3n) is 4.46. The molecule has 2 aromatic rings. The van der Waals surface area contributed by atoms with Crippen LogP contribution in [0.4, 0.5) is 0 Å². The molecule has 5 nitrogen and oxygen atoms in total. The Balaban J connectivity index is 1.48. The Morgan fingerprint density at radius 3 is 3.12 bits per heavy atom. The van der Waals surface area contributed by atoms with Crippen molar-refractivity contribution >= 4 is 17.2 Å². The lowest BCUT2D eigenvalue weighted by Gasteiger charge is -2.32. The van der Waals surface area contributed by atoms with E-state index in [9.17, 15) is 4.79 Å². The van der Waals surface area contributed by atoms with Crippen molar-refractivity contribution in [2.75, 3.05) is 13.2 Å². The van der Waals surface area contributed by atoms with Crippen LogP contribution in [0.2, 0.25) is 0 Å². The van der Waals surface area contributed by atoms with E-state index in [1.54, 1.807) is 16.8 Å². The summed E-state index contributed by atoms with van der Waals surface area (Å²) in [6.07, 6.45) is 1.89. The van der Waals surface area contributed by atoms with E-state index in [1.807, 2.05) is 17.5 Å². The number of ether oxygens (including phenoxy) is 2. The zero-order valence-corrected chi connectivity index (χ0v) is 15.3. The molecule has 1 saturated heterocycles. The van der Waals surface area contributed by atoms with E-state index in [1.165, 1.54) is 11.1 Å². The minimum atomic E-state index is -0.127. The summed E-state index contributed by atoms with van der Waals surface area (Å²) in [4.78, 5) is 16.6. The number of hydrogen-bond donors (Lipinski definition) is 1. The number of thiazole rings is 1. The number of amides is 1. The molecule has 3 rings (SSSR count). The molecule has 1 aromatic carbocycles. The van der Waals surface area contributed by atoms with Gasteiger partial charge in [0.2, 0.25) is 5.91 Å². The molecule has 2 heterocycles. The highest BCUT2D eigenvalue weighted by atomic mass is 32.1. The van der Waals surface area contributed by atoms with Crippen LogP contribution in [0.5, 0.6) is 0 Å². The molecule has 6 heteroatoms. The predicted molar refractivity (Wildman–Crippen MR) is 97.6 cm³/mol. The molecule has 0 bridgehead atoms. The lowest BCUT2D eigenvalue weighted by Crippen LogP contribution is -2.50. The van der Waals surface area contributed by atoms with Crippen LogP contribution in [-0.4, -0.2) is 36.3 Å². The molecule has 0 unspecified atom stereocenters. The van der Waals surface area contributed by atoms with Gasteiger partial charge in [0, 0.05) is 18.4 Å². The Morgan fingerprint density at radius 1 is 1.44 bits per heavy atom. The van der Waals surface area contributed by atoms with Crippen molar-refractivity contribution in [2.45, 2.75) is 44.9 Å². The molecule has 134 valence electrons. The molecule has 1 amide bonds. The number of carbonyl (C=O) groups is 1. The minimum Gasteiger partial charge on any atom is -0.379 e. The molecule has 25 heavy (non-hydrogen) atoms. The van der Waals surface area contributed by atoms with Gasteiger partial charge in [0.1, 0.15) is 6.10 Å². The van der Waals surface area contributed by atoms with E-state index in [2.05, 4.69) is 29.4 Å². The van der Waals surface area contributed by atoms with Crippen molar-refractivity contribution in [1.29, 1.82) is 0 Å².